The van der Waals surface area contributed by atoms with Crippen LogP contribution in [0.3, 0.4) is 0 Å². The van der Waals surface area contributed by atoms with E-state index in [1.165, 1.54) is 6.07 Å². The van der Waals surface area contributed by atoms with Crippen LogP contribution in [0.15, 0.2) is 36.4 Å². The summed E-state index contributed by atoms with van der Waals surface area (Å²) in [6, 6.07) is 10.4. The van der Waals surface area contributed by atoms with Crippen LogP contribution in [-0.2, 0) is 11.2 Å². The van der Waals surface area contributed by atoms with E-state index < -0.39 is 6.04 Å². The second-order valence-corrected chi connectivity index (χ2v) is 6.36. The molecule has 1 heterocycles. The van der Waals surface area contributed by atoms with Crippen molar-refractivity contribution in [3.05, 3.63) is 62.5 Å². The Morgan fingerprint density at radius 1 is 1.24 bits per heavy atom. The molecule has 3 rings (SSSR count). The Morgan fingerprint density at radius 3 is 2.81 bits per heavy atom. The first-order chi connectivity index (χ1) is 10.0. The van der Waals surface area contributed by atoms with Crippen molar-refractivity contribution in [3.63, 3.8) is 0 Å². The summed E-state index contributed by atoms with van der Waals surface area (Å²) in [5.74, 6) is -0.459. The molecule has 2 aromatic rings. The minimum atomic E-state index is -0.511. The fourth-order valence-corrected chi connectivity index (χ4v) is 3.11. The highest BCUT2D eigenvalue weighted by molar-refractivity contribution is 14.1. The van der Waals surface area contributed by atoms with E-state index in [4.69, 9.17) is 5.73 Å². The van der Waals surface area contributed by atoms with Gasteiger partial charge in [0.1, 0.15) is 5.82 Å². The zero-order chi connectivity index (χ0) is 15.0. The Balaban J connectivity index is 2.01. The quantitative estimate of drug-likeness (QED) is 0.766. The van der Waals surface area contributed by atoms with Crippen molar-refractivity contribution in [2.24, 2.45) is 5.73 Å². The minimum absolute atomic E-state index is 0.0726. The highest BCUT2D eigenvalue weighted by atomic mass is 127. The van der Waals surface area contributed by atoms with Gasteiger partial charge >= 0.3 is 0 Å². The molecule has 21 heavy (non-hydrogen) atoms. The Bertz CT molecular complexity index is 717. The lowest BCUT2D eigenvalue weighted by Gasteiger charge is -2.21. The Morgan fingerprint density at radius 2 is 2.05 bits per heavy atom. The summed E-state index contributed by atoms with van der Waals surface area (Å²) in [5.41, 5.74) is 9.05. The molecule has 1 amide bonds. The van der Waals surface area contributed by atoms with Gasteiger partial charge in [0, 0.05) is 21.2 Å². The van der Waals surface area contributed by atoms with Crippen LogP contribution in [0, 0.1) is 9.39 Å². The van der Waals surface area contributed by atoms with Gasteiger partial charge in [-0.25, -0.2) is 4.39 Å². The summed E-state index contributed by atoms with van der Waals surface area (Å²) in [6.07, 6.45) is 1.05. The molecule has 0 saturated carbocycles. The van der Waals surface area contributed by atoms with Crippen LogP contribution in [0.5, 0.6) is 0 Å². The van der Waals surface area contributed by atoms with Gasteiger partial charge in [0.15, 0.2) is 0 Å². The molecule has 0 aliphatic carbocycles. The predicted molar refractivity (Wildman–Crippen MR) is 88.5 cm³/mol. The van der Waals surface area contributed by atoms with Gasteiger partial charge in [0.05, 0.1) is 6.04 Å². The molecule has 0 saturated heterocycles. The molecule has 1 aliphatic heterocycles. The first-order valence-electron chi connectivity index (χ1n) is 6.68. The van der Waals surface area contributed by atoms with Crippen LogP contribution in [0.2, 0.25) is 0 Å². The van der Waals surface area contributed by atoms with Crippen LogP contribution in [-0.4, -0.2) is 5.91 Å². The average Bonchev–Trinajstić information content (AvgIpc) is 2.45. The van der Waals surface area contributed by atoms with Gasteiger partial charge in [0.2, 0.25) is 5.91 Å². The Hall–Kier alpha value is -1.47. The maximum atomic E-state index is 14.3. The van der Waals surface area contributed by atoms with E-state index in [0.717, 1.165) is 14.7 Å². The molecule has 5 heteroatoms. The minimum Gasteiger partial charge on any atom is -0.326 e. The van der Waals surface area contributed by atoms with E-state index in [1.807, 2.05) is 24.3 Å². The molecular formula is C16H14FIN2O. The summed E-state index contributed by atoms with van der Waals surface area (Å²) >= 11 is 2.21. The predicted octanol–water partition coefficient (Wildman–Crippen LogP) is 3.36. The summed E-state index contributed by atoms with van der Waals surface area (Å²) in [7, 11) is 0. The van der Waals surface area contributed by atoms with Crippen LogP contribution in [0.25, 0.3) is 0 Å². The summed E-state index contributed by atoms with van der Waals surface area (Å²) in [6.45, 7) is 0. The van der Waals surface area contributed by atoms with Crippen molar-refractivity contribution in [2.75, 3.05) is 5.32 Å². The molecule has 0 spiro atoms. The number of nitrogens with two attached hydrogens (primary N) is 1. The average molecular weight is 396 g/mol. The molecule has 0 fully saturated rings. The molecule has 1 atom stereocenters. The molecule has 0 bridgehead atoms. The van der Waals surface area contributed by atoms with E-state index in [9.17, 15) is 9.18 Å². The molecule has 3 N–H and O–H groups in total. The number of amides is 1. The highest BCUT2D eigenvalue weighted by Crippen LogP contribution is 2.30. The Kier molecular flexibility index (Phi) is 3.95. The van der Waals surface area contributed by atoms with E-state index in [1.54, 1.807) is 6.07 Å². The fraction of sp³-hybridized carbons (Fsp3) is 0.188. The van der Waals surface area contributed by atoms with Gasteiger partial charge in [0.25, 0.3) is 0 Å². The second kappa shape index (κ2) is 5.73. The van der Waals surface area contributed by atoms with Crippen molar-refractivity contribution in [3.8, 4) is 0 Å². The third kappa shape index (κ3) is 2.94. The highest BCUT2D eigenvalue weighted by Gasteiger charge is 2.21. The topological polar surface area (TPSA) is 55.1 Å². The van der Waals surface area contributed by atoms with Gasteiger partial charge in [-0.05, 0) is 64.4 Å². The van der Waals surface area contributed by atoms with Crippen molar-refractivity contribution in [1.82, 2.24) is 0 Å². The number of nitrogens with one attached hydrogen (secondary N) is 1. The fourth-order valence-electron chi connectivity index (χ4n) is 2.54. The SMILES string of the molecule is NC(c1cccc(I)c1)c1cc2c(cc1F)NC(=O)CC2. The molecule has 3 nitrogen and oxygen atoms in total. The molecule has 0 aromatic heterocycles. The molecule has 1 aliphatic rings. The van der Waals surface area contributed by atoms with E-state index in [0.29, 0.717) is 24.1 Å². The number of halogens is 2. The molecule has 108 valence electrons. The zero-order valence-electron chi connectivity index (χ0n) is 11.2. The Labute approximate surface area is 135 Å². The number of rotatable bonds is 2. The lowest BCUT2D eigenvalue weighted by Crippen LogP contribution is -2.21. The zero-order valence-corrected chi connectivity index (χ0v) is 13.4. The molecule has 1 unspecified atom stereocenters. The number of carbonyl (C=O) groups is 1. The molecule has 2 aromatic carbocycles. The third-order valence-corrected chi connectivity index (χ3v) is 4.33. The van der Waals surface area contributed by atoms with Crippen LogP contribution in [0.4, 0.5) is 10.1 Å². The third-order valence-electron chi connectivity index (χ3n) is 3.66. The lowest BCUT2D eigenvalue weighted by atomic mass is 9.94. The number of fused-ring (bicyclic) bond motifs is 1. The van der Waals surface area contributed by atoms with Gasteiger partial charge in [-0.3, -0.25) is 4.79 Å². The number of benzene rings is 2. The van der Waals surface area contributed by atoms with Crippen LogP contribution >= 0.6 is 22.6 Å². The van der Waals surface area contributed by atoms with Gasteiger partial charge in [-0.1, -0.05) is 12.1 Å². The first-order valence-corrected chi connectivity index (χ1v) is 7.75. The van der Waals surface area contributed by atoms with Gasteiger partial charge < -0.3 is 11.1 Å². The van der Waals surface area contributed by atoms with E-state index >= 15 is 0 Å². The van der Waals surface area contributed by atoms with Crippen LogP contribution in [0.1, 0.15) is 29.2 Å². The summed E-state index contributed by atoms with van der Waals surface area (Å²) < 4.78 is 15.4. The number of aryl methyl sites for hydroxylation is 1. The molecule has 0 radical (unpaired) electrons. The second-order valence-electron chi connectivity index (χ2n) is 5.11. The number of carbonyl (C=O) groups excluding carboxylic acids is 1. The maximum Gasteiger partial charge on any atom is 0.224 e. The lowest BCUT2D eigenvalue weighted by molar-refractivity contribution is -0.116. The van der Waals surface area contributed by atoms with Crippen molar-refractivity contribution in [1.29, 1.82) is 0 Å². The van der Waals surface area contributed by atoms with Crippen molar-refractivity contribution in [2.45, 2.75) is 18.9 Å². The first kappa shape index (κ1) is 14.5. The monoisotopic (exact) mass is 396 g/mol. The standard InChI is InChI=1S/C16H14FIN2O/c17-13-8-14-9(4-5-15(21)20-14)7-12(13)16(19)10-2-1-3-11(18)6-10/h1-3,6-8,16H,4-5,19H2,(H,20,21). The van der Waals surface area contributed by atoms with Crippen molar-refractivity contribution >= 4 is 34.2 Å². The summed E-state index contributed by atoms with van der Waals surface area (Å²) in [4.78, 5) is 11.4. The number of hydrogen-bond acceptors (Lipinski definition) is 2. The summed E-state index contributed by atoms with van der Waals surface area (Å²) in [5, 5.41) is 2.69. The van der Waals surface area contributed by atoms with Gasteiger partial charge in [-0.15, -0.1) is 0 Å². The van der Waals surface area contributed by atoms with Crippen LogP contribution < -0.4 is 11.1 Å². The number of hydrogen-bond donors (Lipinski definition) is 2. The normalized spacial score (nSPS) is 15.3. The van der Waals surface area contributed by atoms with E-state index in [2.05, 4.69) is 27.9 Å². The smallest absolute Gasteiger partial charge is 0.224 e. The molecular weight excluding hydrogens is 382 g/mol. The largest absolute Gasteiger partial charge is 0.326 e. The van der Waals surface area contributed by atoms with Gasteiger partial charge in [-0.2, -0.15) is 0 Å². The van der Waals surface area contributed by atoms with Crippen molar-refractivity contribution < 1.29 is 9.18 Å². The number of anilines is 1. The maximum absolute atomic E-state index is 14.3. The van der Waals surface area contributed by atoms with E-state index in [-0.39, 0.29) is 11.7 Å².